The SMILES string of the molecule is Cc1nc(CC(C)(C)C)ncc1[C@@H](C)N. The summed E-state index contributed by atoms with van der Waals surface area (Å²) in [5.41, 5.74) is 8.07. The molecule has 0 saturated carbocycles. The molecule has 0 unspecified atom stereocenters. The summed E-state index contributed by atoms with van der Waals surface area (Å²) in [6, 6.07) is 0.00804. The third-order valence-electron chi connectivity index (χ3n) is 2.25. The molecule has 0 aromatic carbocycles. The molecule has 1 aromatic heterocycles. The summed E-state index contributed by atoms with van der Waals surface area (Å²) in [6.07, 6.45) is 2.75. The zero-order chi connectivity index (χ0) is 11.6. The largest absolute Gasteiger partial charge is 0.324 e. The van der Waals surface area contributed by atoms with Crippen LogP contribution in [0.5, 0.6) is 0 Å². The molecule has 1 aromatic rings. The maximum atomic E-state index is 5.81. The molecule has 3 nitrogen and oxygen atoms in total. The maximum Gasteiger partial charge on any atom is 0.129 e. The summed E-state index contributed by atoms with van der Waals surface area (Å²) in [7, 11) is 0. The van der Waals surface area contributed by atoms with Gasteiger partial charge in [-0.25, -0.2) is 9.97 Å². The van der Waals surface area contributed by atoms with Gasteiger partial charge in [0.1, 0.15) is 5.82 Å². The minimum absolute atomic E-state index is 0.00804. The van der Waals surface area contributed by atoms with Crippen LogP contribution in [0.3, 0.4) is 0 Å². The van der Waals surface area contributed by atoms with Gasteiger partial charge in [-0.15, -0.1) is 0 Å². The third-order valence-corrected chi connectivity index (χ3v) is 2.25. The quantitative estimate of drug-likeness (QED) is 0.810. The van der Waals surface area contributed by atoms with E-state index >= 15 is 0 Å². The standard InChI is InChI=1S/C12H21N3/c1-8(13)10-7-14-11(15-9(10)2)6-12(3,4)5/h7-8H,6,13H2,1-5H3/t8-/m1/s1. The van der Waals surface area contributed by atoms with Crippen LogP contribution in [-0.4, -0.2) is 9.97 Å². The lowest BCUT2D eigenvalue weighted by Crippen LogP contribution is -2.15. The van der Waals surface area contributed by atoms with Gasteiger partial charge in [0.15, 0.2) is 0 Å². The second kappa shape index (κ2) is 4.27. The average Bonchev–Trinajstić information content (AvgIpc) is 1.99. The molecule has 0 amide bonds. The van der Waals surface area contributed by atoms with E-state index in [4.69, 9.17) is 5.73 Å². The molecular weight excluding hydrogens is 186 g/mol. The van der Waals surface area contributed by atoms with Crippen molar-refractivity contribution in [1.29, 1.82) is 0 Å². The summed E-state index contributed by atoms with van der Waals surface area (Å²) in [6.45, 7) is 10.5. The molecule has 3 heteroatoms. The number of nitrogens with zero attached hydrogens (tertiary/aromatic N) is 2. The number of hydrogen-bond donors (Lipinski definition) is 1. The summed E-state index contributed by atoms with van der Waals surface area (Å²) >= 11 is 0. The number of hydrogen-bond acceptors (Lipinski definition) is 3. The van der Waals surface area contributed by atoms with Gasteiger partial charge < -0.3 is 5.73 Å². The molecule has 0 spiro atoms. The lowest BCUT2D eigenvalue weighted by Gasteiger charge is -2.17. The lowest BCUT2D eigenvalue weighted by atomic mass is 9.92. The van der Waals surface area contributed by atoms with E-state index in [2.05, 4.69) is 30.7 Å². The van der Waals surface area contributed by atoms with Crippen LogP contribution in [-0.2, 0) is 6.42 Å². The van der Waals surface area contributed by atoms with Crippen LogP contribution in [0, 0.1) is 12.3 Å². The van der Waals surface area contributed by atoms with Gasteiger partial charge >= 0.3 is 0 Å². The van der Waals surface area contributed by atoms with Crippen molar-refractivity contribution in [3.63, 3.8) is 0 Å². The van der Waals surface area contributed by atoms with Crippen LogP contribution in [0.1, 0.15) is 50.8 Å². The Labute approximate surface area is 92.1 Å². The van der Waals surface area contributed by atoms with Gasteiger partial charge in [0, 0.05) is 29.9 Å². The smallest absolute Gasteiger partial charge is 0.129 e. The number of aromatic nitrogens is 2. The van der Waals surface area contributed by atoms with E-state index < -0.39 is 0 Å². The van der Waals surface area contributed by atoms with Gasteiger partial charge in [0.05, 0.1) is 0 Å². The summed E-state index contributed by atoms with van der Waals surface area (Å²) in [5, 5.41) is 0. The van der Waals surface area contributed by atoms with Crippen molar-refractivity contribution in [3.05, 3.63) is 23.3 Å². The Morgan fingerprint density at radius 1 is 1.40 bits per heavy atom. The Hall–Kier alpha value is -0.960. The molecule has 0 aliphatic carbocycles. The van der Waals surface area contributed by atoms with Crippen molar-refractivity contribution >= 4 is 0 Å². The molecule has 0 saturated heterocycles. The van der Waals surface area contributed by atoms with Gasteiger partial charge in [0.25, 0.3) is 0 Å². The van der Waals surface area contributed by atoms with E-state index in [0.29, 0.717) is 0 Å². The topological polar surface area (TPSA) is 51.8 Å². The fourth-order valence-corrected chi connectivity index (χ4v) is 1.53. The molecule has 0 bridgehead atoms. The third kappa shape index (κ3) is 3.59. The summed E-state index contributed by atoms with van der Waals surface area (Å²) in [5.74, 6) is 0.907. The van der Waals surface area contributed by atoms with E-state index in [1.807, 2.05) is 20.0 Å². The van der Waals surface area contributed by atoms with Crippen LogP contribution in [0.4, 0.5) is 0 Å². The maximum absolute atomic E-state index is 5.81. The Morgan fingerprint density at radius 3 is 2.40 bits per heavy atom. The van der Waals surface area contributed by atoms with E-state index in [1.54, 1.807) is 0 Å². The Balaban J connectivity index is 2.92. The Morgan fingerprint density at radius 2 is 2.00 bits per heavy atom. The molecule has 15 heavy (non-hydrogen) atoms. The van der Waals surface area contributed by atoms with Gasteiger partial charge in [-0.2, -0.15) is 0 Å². The first-order valence-corrected chi connectivity index (χ1v) is 5.37. The van der Waals surface area contributed by atoms with Crippen molar-refractivity contribution in [2.45, 2.75) is 47.1 Å². The highest BCUT2D eigenvalue weighted by atomic mass is 14.9. The van der Waals surface area contributed by atoms with Crippen LogP contribution < -0.4 is 5.73 Å². The van der Waals surface area contributed by atoms with E-state index in [9.17, 15) is 0 Å². The highest BCUT2D eigenvalue weighted by molar-refractivity contribution is 5.19. The number of aryl methyl sites for hydroxylation is 1. The lowest BCUT2D eigenvalue weighted by molar-refractivity contribution is 0.400. The first kappa shape index (κ1) is 12.1. The molecule has 2 N–H and O–H groups in total. The molecule has 0 aliphatic heterocycles. The van der Waals surface area contributed by atoms with E-state index in [-0.39, 0.29) is 11.5 Å². The predicted octanol–water partition coefficient (Wildman–Crippen LogP) is 2.39. The average molecular weight is 207 g/mol. The fraction of sp³-hybridized carbons (Fsp3) is 0.667. The normalized spacial score (nSPS) is 14.0. The second-order valence-corrected chi connectivity index (χ2v) is 5.35. The summed E-state index contributed by atoms with van der Waals surface area (Å²) < 4.78 is 0. The Bertz CT molecular complexity index is 337. The van der Waals surface area contributed by atoms with Gasteiger partial charge in [-0.05, 0) is 19.3 Å². The molecular formula is C12H21N3. The zero-order valence-corrected chi connectivity index (χ0v) is 10.3. The number of rotatable bonds is 2. The Kier molecular flexibility index (Phi) is 3.45. The van der Waals surface area contributed by atoms with Crippen LogP contribution in [0.15, 0.2) is 6.20 Å². The first-order chi connectivity index (χ1) is 6.79. The highest BCUT2D eigenvalue weighted by Crippen LogP contribution is 2.19. The van der Waals surface area contributed by atoms with Crippen molar-refractivity contribution < 1.29 is 0 Å². The van der Waals surface area contributed by atoms with Crippen molar-refractivity contribution in [1.82, 2.24) is 9.97 Å². The van der Waals surface area contributed by atoms with Gasteiger partial charge in [-0.3, -0.25) is 0 Å². The predicted molar refractivity (Wildman–Crippen MR) is 62.5 cm³/mol. The highest BCUT2D eigenvalue weighted by Gasteiger charge is 2.14. The van der Waals surface area contributed by atoms with E-state index in [0.717, 1.165) is 23.5 Å². The fourth-order valence-electron chi connectivity index (χ4n) is 1.53. The number of nitrogens with two attached hydrogens (primary N) is 1. The van der Waals surface area contributed by atoms with Crippen LogP contribution >= 0.6 is 0 Å². The molecule has 0 aliphatic rings. The van der Waals surface area contributed by atoms with Crippen molar-refractivity contribution in [2.75, 3.05) is 0 Å². The summed E-state index contributed by atoms with van der Waals surface area (Å²) in [4.78, 5) is 8.84. The minimum atomic E-state index is 0.00804. The first-order valence-electron chi connectivity index (χ1n) is 5.37. The van der Waals surface area contributed by atoms with Crippen molar-refractivity contribution in [3.8, 4) is 0 Å². The van der Waals surface area contributed by atoms with Crippen LogP contribution in [0.2, 0.25) is 0 Å². The molecule has 1 heterocycles. The molecule has 0 fully saturated rings. The second-order valence-electron chi connectivity index (χ2n) is 5.35. The molecule has 0 radical (unpaired) electrons. The van der Waals surface area contributed by atoms with Gasteiger partial charge in [-0.1, -0.05) is 20.8 Å². The molecule has 84 valence electrons. The molecule has 1 rings (SSSR count). The monoisotopic (exact) mass is 207 g/mol. The van der Waals surface area contributed by atoms with Gasteiger partial charge in [0.2, 0.25) is 0 Å². The molecule has 1 atom stereocenters. The van der Waals surface area contributed by atoms with E-state index in [1.165, 1.54) is 0 Å². The van der Waals surface area contributed by atoms with Crippen molar-refractivity contribution in [2.24, 2.45) is 11.1 Å². The van der Waals surface area contributed by atoms with Crippen LogP contribution in [0.25, 0.3) is 0 Å². The minimum Gasteiger partial charge on any atom is -0.324 e. The zero-order valence-electron chi connectivity index (χ0n) is 10.3.